The van der Waals surface area contributed by atoms with Crippen LogP contribution in [0.15, 0.2) is 194 Å². The molecular weight excluding hydrogens is 653 g/mol. The molecule has 0 spiro atoms. The predicted octanol–water partition coefficient (Wildman–Crippen LogP) is 14.1. The van der Waals surface area contributed by atoms with Crippen molar-refractivity contribution in [1.29, 1.82) is 0 Å². The third-order valence-corrected chi connectivity index (χ3v) is 11.7. The lowest BCUT2D eigenvalue weighted by molar-refractivity contribution is 1.20. The van der Waals surface area contributed by atoms with Crippen LogP contribution in [0.4, 0.5) is 0 Å². The minimum absolute atomic E-state index is 1.19. The molecule has 54 heavy (non-hydrogen) atoms. The van der Waals surface area contributed by atoms with Crippen LogP contribution in [-0.2, 0) is 0 Å². The van der Waals surface area contributed by atoms with Crippen molar-refractivity contribution in [1.82, 2.24) is 9.13 Å². The van der Waals surface area contributed by atoms with E-state index in [1.54, 1.807) is 0 Å². The number of benzene rings is 10. The summed E-state index contributed by atoms with van der Waals surface area (Å²) >= 11 is 0. The Morgan fingerprint density at radius 3 is 0.889 bits per heavy atom. The zero-order chi connectivity index (χ0) is 35.3. The molecule has 2 heterocycles. The van der Waals surface area contributed by atoms with Crippen molar-refractivity contribution in [3.8, 4) is 33.6 Å². The van der Waals surface area contributed by atoms with Gasteiger partial charge in [0.1, 0.15) is 0 Å². The van der Waals surface area contributed by atoms with Gasteiger partial charge in [-0.3, -0.25) is 0 Å². The second-order valence-corrected chi connectivity index (χ2v) is 14.4. The van der Waals surface area contributed by atoms with Gasteiger partial charge in [-0.1, -0.05) is 158 Å². The van der Waals surface area contributed by atoms with Gasteiger partial charge in [0.2, 0.25) is 0 Å². The van der Waals surface area contributed by atoms with Crippen molar-refractivity contribution in [2.75, 3.05) is 0 Å². The molecular formula is C52H32N2. The Hall–Kier alpha value is -7.16. The third-order valence-electron chi connectivity index (χ3n) is 11.7. The molecule has 12 aromatic rings. The molecule has 0 saturated heterocycles. The molecule has 0 saturated carbocycles. The van der Waals surface area contributed by atoms with Gasteiger partial charge < -0.3 is 9.13 Å². The minimum Gasteiger partial charge on any atom is -0.309 e. The number of aromatic nitrogens is 2. The third kappa shape index (κ3) is 4.00. The van der Waals surface area contributed by atoms with E-state index < -0.39 is 0 Å². The Bertz CT molecular complexity index is 3080. The van der Waals surface area contributed by atoms with Crippen molar-refractivity contribution in [2.45, 2.75) is 0 Å². The fraction of sp³-hybridized carbons (Fsp3) is 0. The number of nitrogens with zero attached hydrogens (tertiary/aromatic N) is 2. The molecule has 0 aliphatic carbocycles. The van der Waals surface area contributed by atoms with Crippen LogP contribution >= 0.6 is 0 Å². The monoisotopic (exact) mass is 684 g/mol. The minimum atomic E-state index is 1.19. The molecule has 0 atom stereocenters. The van der Waals surface area contributed by atoms with Crippen molar-refractivity contribution < 1.29 is 0 Å². The maximum absolute atomic E-state index is 2.50. The summed E-state index contributed by atoms with van der Waals surface area (Å²) in [6.07, 6.45) is 0. The van der Waals surface area contributed by atoms with Crippen LogP contribution in [0.25, 0.3) is 110 Å². The summed E-state index contributed by atoms with van der Waals surface area (Å²) in [5, 5.41) is 12.7. The van der Waals surface area contributed by atoms with E-state index in [4.69, 9.17) is 0 Å². The standard InChI is InChI=1S/C52H32N2/c1-3-15-33(16-4-1)43-31-49(53-45-23-11-7-19-35(45)36-20-8-12-24-46(36)53)41-30-28-40-44(34-17-5-2-6-18-34)32-50(42-29-27-39(43)51(41)52(40)42)54-47-25-13-9-21-37(47)38-22-10-14-26-48(38)54/h1-32H. The smallest absolute Gasteiger partial charge is 0.0547 e. The first-order valence-corrected chi connectivity index (χ1v) is 18.7. The van der Waals surface area contributed by atoms with Crippen LogP contribution in [0.3, 0.4) is 0 Å². The van der Waals surface area contributed by atoms with Crippen molar-refractivity contribution in [3.05, 3.63) is 194 Å². The molecule has 10 aromatic carbocycles. The zero-order valence-corrected chi connectivity index (χ0v) is 29.4. The number of para-hydroxylation sites is 4. The molecule has 2 heteroatoms. The maximum Gasteiger partial charge on any atom is 0.0547 e. The summed E-state index contributed by atoms with van der Waals surface area (Å²) < 4.78 is 4.99. The summed E-state index contributed by atoms with van der Waals surface area (Å²) in [6.45, 7) is 0. The quantitative estimate of drug-likeness (QED) is 0.163. The van der Waals surface area contributed by atoms with E-state index in [9.17, 15) is 0 Å². The molecule has 0 fully saturated rings. The molecule has 12 rings (SSSR count). The van der Waals surface area contributed by atoms with Gasteiger partial charge >= 0.3 is 0 Å². The van der Waals surface area contributed by atoms with E-state index in [1.165, 1.54) is 110 Å². The Morgan fingerprint density at radius 1 is 0.241 bits per heavy atom. The fourth-order valence-corrected chi connectivity index (χ4v) is 9.40. The first kappa shape index (κ1) is 29.4. The lowest BCUT2D eigenvalue weighted by Crippen LogP contribution is -2.01. The molecule has 0 N–H and O–H groups in total. The fourth-order valence-electron chi connectivity index (χ4n) is 9.40. The van der Waals surface area contributed by atoms with Crippen LogP contribution < -0.4 is 0 Å². The molecule has 0 bridgehead atoms. The van der Waals surface area contributed by atoms with Gasteiger partial charge in [0.15, 0.2) is 0 Å². The van der Waals surface area contributed by atoms with Crippen LogP contribution in [0.1, 0.15) is 0 Å². The largest absolute Gasteiger partial charge is 0.309 e. The lowest BCUT2D eigenvalue weighted by Gasteiger charge is -2.23. The predicted molar refractivity (Wildman–Crippen MR) is 230 cm³/mol. The van der Waals surface area contributed by atoms with Gasteiger partial charge in [-0.15, -0.1) is 0 Å². The Morgan fingerprint density at radius 2 is 0.537 bits per heavy atom. The zero-order valence-electron chi connectivity index (χ0n) is 29.4. The highest BCUT2D eigenvalue weighted by Crippen LogP contribution is 2.48. The molecule has 0 aliphatic heterocycles. The van der Waals surface area contributed by atoms with Crippen LogP contribution in [0.5, 0.6) is 0 Å². The Balaban J connectivity index is 1.32. The number of hydrogen-bond acceptors (Lipinski definition) is 0. The first-order chi connectivity index (χ1) is 26.8. The number of hydrogen-bond donors (Lipinski definition) is 0. The van der Waals surface area contributed by atoms with E-state index in [-0.39, 0.29) is 0 Å². The highest BCUT2D eigenvalue weighted by Gasteiger charge is 2.24. The summed E-state index contributed by atoms with van der Waals surface area (Å²) in [5.41, 5.74) is 12.1. The van der Waals surface area contributed by atoms with Crippen molar-refractivity contribution in [2.24, 2.45) is 0 Å². The van der Waals surface area contributed by atoms with E-state index in [1.807, 2.05) is 0 Å². The van der Waals surface area contributed by atoms with Crippen molar-refractivity contribution in [3.63, 3.8) is 0 Å². The van der Waals surface area contributed by atoms with Crippen LogP contribution in [0, 0.1) is 0 Å². The van der Waals surface area contributed by atoms with Gasteiger partial charge in [0.25, 0.3) is 0 Å². The van der Waals surface area contributed by atoms with Crippen molar-refractivity contribution >= 4 is 75.9 Å². The molecule has 0 aliphatic rings. The van der Waals surface area contributed by atoms with Gasteiger partial charge in [0.05, 0.1) is 33.4 Å². The topological polar surface area (TPSA) is 9.86 Å². The molecule has 250 valence electrons. The summed E-state index contributed by atoms with van der Waals surface area (Å²) in [7, 11) is 0. The molecule has 2 nitrogen and oxygen atoms in total. The van der Waals surface area contributed by atoms with Gasteiger partial charge in [0, 0.05) is 43.1 Å². The van der Waals surface area contributed by atoms with Crippen LogP contribution in [-0.4, -0.2) is 9.13 Å². The number of fused-ring (bicyclic) bond motifs is 6. The Kier molecular flexibility index (Phi) is 6.09. The number of rotatable bonds is 4. The normalized spacial score (nSPS) is 12.1. The van der Waals surface area contributed by atoms with E-state index in [2.05, 4.69) is 203 Å². The SMILES string of the molecule is c1ccc(-c2cc(-n3c4ccccc4c4ccccc43)c3ccc4c(-c5ccccc5)cc(-n5c6ccccc6c6ccccc65)c5ccc2c3c45)cc1. The molecule has 2 aromatic heterocycles. The highest BCUT2D eigenvalue weighted by molar-refractivity contribution is 6.31. The van der Waals surface area contributed by atoms with E-state index >= 15 is 0 Å². The first-order valence-electron chi connectivity index (χ1n) is 18.7. The Labute approximate surface area is 311 Å². The second kappa shape index (κ2) is 11.2. The maximum atomic E-state index is 2.50. The summed E-state index contributed by atoms with van der Waals surface area (Å²) in [5.74, 6) is 0. The molecule has 0 unspecified atom stereocenters. The van der Waals surface area contributed by atoms with Gasteiger partial charge in [-0.25, -0.2) is 0 Å². The average Bonchev–Trinajstić information content (AvgIpc) is 3.76. The summed E-state index contributed by atoms with van der Waals surface area (Å²) in [6, 6.07) is 71.6. The summed E-state index contributed by atoms with van der Waals surface area (Å²) in [4.78, 5) is 0. The lowest BCUT2D eigenvalue weighted by atomic mass is 9.85. The van der Waals surface area contributed by atoms with Crippen LogP contribution in [0.2, 0.25) is 0 Å². The average molecular weight is 685 g/mol. The molecule has 0 amide bonds. The van der Waals surface area contributed by atoms with E-state index in [0.717, 1.165) is 0 Å². The van der Waals surface area contributed by atoms with E-state index in [0.29, 0.717) is 0 Å². The second-order valence-electron chi connectivity index (χ2n) is 14.4. The van der Waals surface area contributed by atoms with Gasteiger partial charge in [-0.05, 0) is 69.4 Å². The van der Waals surface area contributed by atoms with Gasteiger partial charge in [-0.2, -0.15) is 0 Å². The highest BCUT2D eigenvalue weighted by atomic mass is 15.0. The molecule has 0 radical (unpaired) electrons.